The van der Waals surface area contributed by atoms with Crippen LogP contribution in [0.25, 0.3) is 0 Å². The van der Waals surface area contributed by atoms with Gasteiger partial charge in [-0.05, 0) is 30.6 Å². The number of hydrogen-bond donors (Lipinski definition) is 1. The number of ketones is 1. The van der Waals surface area contributed by atoms with Gasteiger partial charge in [-0.15, -0.1) is 11.6 Å². The molecular weight excluding hydrogens is 274 g/mol. The standard InChI is InChI=1S/C12H20ClNO3S/c1-10(2)8-4-5-11(10,3)9(15)12(8,13)6-7-18(14,16)17/h8H,4-7H2,1-3H3,(H2,14,16,17)/t8-,11-,12+/m0/s1. The first-order valence-electron chi connectivity index (χ1n) is 6.19. The number of carbonyl (C=O) groups excluding carboxylic acids is 1. The van der Waals surface area contributed by atoms with Gasteiger partial charge in [0.2, 0.25) is 10.0 Å². The van der Waals surface area contributed by atoms with Crippen LogP contribution in [0.3, 0.4) is 0 Å². The molecule has 2 saturated carbocycles. The highest BCUT2D eigenvalue weighted by Crippen LogP contribution is 2.69. The number of primary sulfonamides is 1. The quantitative estimate of drug-likeness (QED) is 0.804. The van der Waals surface area contributed by atoms with Gasteiger partial charge in [-0.3, -0.25) is 4.79 Å². The lowest BCUT2D eigenvalue weighted by Crippen LogP contribution is -2.43. The third-order valence-corrected chi connectivity index (χ3v) is 6.80. The fourth-order valence-electron chi connectivity index (χ4n) is 3.90. The van der Waals surface area contributed by atoms with E-state index in [1.54, 1.807) is 0 Å². The summed E-state index contributed by atoms with van der Waals surface area (Å²) < 4.78 is 22.2. The number of alkyl halides is 1. The number of hydrogen-bond acceptors (Lipinski definition) is 3. The summed E-state index contributed by atoms with van der Waals surface area (Å²) in [5.41, 5.74) is -0.609. The Kier molecular flexibility index (Phi) is 2.94. The molecule has 2 fully saturated rings. The highest BCUT2D eigenvalue weighted by Gasteiger charge is 2.72. The number of nitrogens with two attached hydrogens (primary N) is 1. The minimum atomic E-state index is -3.58. The van der Waals surface area contributed by atoms with Crippen molar-refractivity contribution in [3.8, 4) is 0 Å². The summed E-state index contributed by atoms with van der Waals surface area (Å²) in [6.45, 7) is 6.07. The third kappa shape index (κ3) is 1.67. The largest absolute Gasteiger partial charge is 0.297 e. The van der Waals surface area contributed by atoms with E-state index in [1.807, 2.05) is 6.92 Å². The molecule has 0 amide bonds. The molecule has 0 aromatic rings. The van der Waals surface area contributed by atoms with E-state index in [4.69, 9.17) is 16.7 Å². The summed E-state index contributed by atoms with van der Waals surface area (Å²) in [4.78, 5) is 11.5. The number of fused-ring (bicyclic) bond motifs is 2. The molecule has 0 aliphatic heterocycles. The number of carbonyl (C=O) groups is 1. The van der Waals surface area contributed by atoms with Gasteiger partial charge in [-0.2, -0.15) is 0 Å². The zero-order chi connectivity index (χ0) is 14.0. The Morgan fingerprint density at radius 3 is 2.33 bits per heavy atom. The minimum Gasteiger partial charge on any atom is -0.297 e. The zero-order valence-corrected chi connectivity index (χ0v) is 12.6. The van der Waals surface area contributed by atoms with Gasteiger partial charge >= 0.3 is 0 Å². The molecule has 18 heavy (non-hydrogen) atoms. The van der Waals surface area contributed by atoms with Gasteiger partial charge in [0.25, 0.3) is 0 Å². The first kappa shape index (κ1) is 14.3. The Labute approximate surface area is 113 Å². The van der Waals surface area contributed by atoms with Gasteiger partial charge in [0.1, 0.15) is 4.87 Å². The van der Waals surface area contributed by atoms with Crippen LogP contribution >= 0.6 is 11.6 Å². The molecule has 2 N–H and O–H groups in total. The van der Waals surface area contributed by atoms with Crippen LogP contribution < -0.4 is 5.14 Å². The predicted molar refractivity (Wildman–Crippen MR) is 70.8 cm³/mol. The molecule has 2 aliphatic carbocycles. The van der Waals surface area contributed by atoms with Crippen LogP contribution in [0.4, 0.5) is 0 Å². The zero-order valence-electron chi connectivity index (χ0n) is 11.0. The highest BCUT2D eigenvalue weighted by atomic mass is 35.5. The number of Topliss-reactive ketones (excluding diaryl/α,β-unsaturated/α-hetero) is 1. The average Bonchev–Trinajstić information content (AvgIpc) is 2.50. The average molecular weight is 294 g/mol. The molecule has 0 radical (unpaired) electrons. The number of rotatable bonds is 3. The lowest BCUT2D eigenvalue weighted by Gasteiger charge is -2.32. The molecule has 0 saturated heterocycles. The summed E-state index contributed by atoms with van der Waals surface area (Å²) in [5.74, 6) is -0.197. The Balaban J connectivity index is 2.34. The lowest BCUT2D eigenvalue weighted by atomic mass is 9.70. The Morgan fingerprint density at radius 1 is 1.39 bits per heavy atom. The van der Waals surface area contributed by atoms with Gasteiger partial charge in [-0.1, -0.05) is 20.8 Å². The second kappa shape index (κ2) is 3.70. The molecule has 2 aliphatic rings. The molecule has 2 bridgehead atoms. The molecule has 0 aromatic carbocycles. The number of halogens is 1. The summed E-state index contributed by atoms with van der Waals surface area (Å²) in [5, 5.41) is 5.02. The molecule has 2 rings (SSSR count). The first-order valence-corrected chi connectivity index (χ1v) is 8.29. The Hall–Kier alpha value is -0.130. The second-order valence-corrected chi connectivity index (χ2v) is 8.86. The summed E-state index contributed by atoms with van der Waals surface area (Å²) in [6.07, 6.45) is 1.84. The maximum atomic E-state index is 12.6. The van der Waals surface area contributed by atoms with E-state index >= 15 is 0 Å². The molecule has 0 spiro atoms. The smallest absolute Gasteiger partial charge is 0.209 e. The van der Waals surface area contributed by atoms with Gasteiger partial charge in [0.15, 0.2) is 5.78 Å². The Morgan fingerprint density at radius 2 is 1.94 bits per heavy atom. The van der Waals surface area contributed by atoms with E-state index in [-0.39, 0.29) is 29.3 Å². The number of sulfonamides is 1. The van der Waals surface area contributed by atoms with Gasteiger partial charge in [0.05, 0.1) is 5.75 Å². The highest BCUT2D eigenvalue weighted by molar-refractivity contribution is 7.89. The van der Waals surface area contributed by atoms with E-state index in [9.17, 15) is 13.2 Å². The van der Waals surface area contributed by atoms with Gasteiger partial charge in [0, 0.05) is 5.41 Å². The summed E-state index contributed by atoms with van der Waals surface area (Å²) in [6, 6.07) is 0. The maximum absolute atomic E-state index is 12.6. The molecule has 104 valence electrons. The fourth-order valence-corrected chi connectivity index (χ4v) is 5.31. The van der Waals surface area contributed by atoms with Crippen molar-refractivity contribution in [3.05, 3.63) is 0 Å². The SMILES string of the molecule is CC1(C)[C@@H]2CC[C@@]1(C)C(=O)[C@@]2(Cl)CCS(N)(=O)=O. The van der Waals surface area contributed by atoms with E-state index in [0.717, 1.165) is 12.8 Å². The normalized spacial score (nSPS) is 42.5. The van der Waals surface area contributed by atoms with Crippen molar-refractivity contribution in [2.24, 2.45) is 21.9 Å². The van der Waals surface area contributed by atoms with Crippen LogP contribution in [0.15, 0.2) is 0 Å². The lowest BCUT2D eigenvalue weighted by molar-refractivity contribution is -0.130. The monoisotopic (exact) mass is 293 g/mol. The van der Waals surface area contributed by atoms with Crippen LogP contribution in [-0.4, -0.2) is 24.8 Å². The van der Waals surface area contributed by atoms with E-state index < -0.39 is 20.3 Å². The molecule has 0 heterocycles. The van der Waals surface area contributed by atoms with Crippen molar-refractivity contribution in [2.75, 3.05) is 5.75 Å². The van der Waals surface area contributed by atoms with Crippen LogP contribution in [0.2, 0.25) is 0 Å². The van der Waals surface area contributed by atoms with Crippen molar-refractivity contribution in [1.82, 2.24) is 0 Å². The molecule has 0 aromatic heterocycles. The van der Waals surface area contributed by atoms with Crippen LogP contribution in [0.5, 0.6) is 0 Å². The van der Waals surface area contributed by atoms with E-state index in [2.05, 4.69) is 13.8 Å². The van der Waals surface area contributed by atoms with Crippen LogP contribution in [0, 0.1) is 16.7 Å². The van der Waals surface area contributed by atoms with Crippen molar-refractivity contribution in [1.29, 1.82) is 0 Å². The molecule has 0 unspecified atom stereocenters. The molecular formula is C12H20ClNO3S. The maximum Gasteiger partial charge on any atom is 0.209 e. The Bertz CT molecular complexity index is 501. The fraction of sp³-hybridized carbons (Fsp3) is 0.917. The third-order valence-electron chi connectivity index (χ3n) is 5.41. The van der Waals surface area contributed by atoms with Crippen LogP contribution in [0.1, 0.15) is 40.0 Å². The predicted octanol–water partition coefficient (Wildman–Crippen LogP) is 1.67. The first-order chi connectivity index (χ1) is 7.95. The molecule has 4 nitrogen and oxygen atoms in total. The van der Waals surface area contributed by atoms with Crippen molar-refractivity contribution in [3.63, 3.8) is 0 Å². The summed E-state index contributed by atoms with van der Waals surface area (Å²) >= 11 is 6.53. The van der Waals surface area contributed by atoms with Crippen molar-refractivity contribution < 1.29 is 13.2 Å². The van der Waals surface area contributed by atoms with E-state index in [0.29, 0.717) is 0 Å². The van der Waals surface area contributed by atoms with Crippen molar-refractivity contribution >= 4 is 27.4 Å². The van der Waals surface area contributed by atoms with Gasteiger partial charge in [-0.25, -0.2) is 13.6 Å². The molecule has 6 heteroatoms. The van der Waals surface area contributed by atoms with Crippen LogP contribution in [-0.2, 0) is 14.8 Å². The minimum absolute atomic E-state index is 0.00145. The van der Waals surface area contributed by atoms with E-state index in [1.165, 1.54) is 0 Å². The second-order valence-electron chi connectivity index (χ2n) is 6.45. The molecule has 3 atom stereocenters. The topological polar surface area (TPSA) is 77.2 Å². The summed E-state index contributed by atoms with van der Waals surface area (Å²) in [7, 11) is -3.58. The van der Waals surface area contributed by atoms with Gasteiger partial charge < -0.3 is 0 Å². The van der Waals surface area contributed by atoms with Crippen molar-refractivity contribution in [2.45, 2.75) is 44.9 Å².